The van der Waals surface area contributed by atoms with E-state index in [1.165, 1.54) is 12.1 Å². The van der Waals surface area contributed by atoms with Gasteiger partial charge in [0.2, 0.25) is 6.10 Å². The first-order valence-electron chi connectivity index (χ1n) is 7.83. The van der Waals surface area contributed by atoms with Crippen molar-refractivity contribution in [2.24, 2.45) is 10.9 Å². The highest BCUT2D eigenvalue weighted by molar-refractivity contribution is 6.04. The number of benzene rings is 1. The van der Waals surface area contributed by atoms with Gasteiger partial charge in [0, 0.05) is 37.9 Å². The van der Waals surface area contributed by atoms with Crippen LogP contribution in [0.2, 0.25) is 0 Å². The Balaban J connectivity index is 1.87. The second kappa shape index (κ2) is 6.51. The number of halogens is 1. The van der Waals surface area contributed by atoms with Gasteiger partial charge in [-0.2, -0.15) is 5.06 Å². The van der Waals surface area contributed by atoms with Crippen LogP contribution in [0.3, 0.4) is 0 Å². The molecule has 4 N–H and O–H groups in total. The molecule has 8 nitrogen and oxygen atoms in total. The molecule has 134 valence electrons. The maximum atomic E-state index is 14.5. The van der Waals surface area contributed by atoms with Crippen molar-refractivity contribution in [3.63, 3.8) is 0 Å². The van der Waals surface area contributed by atoms with Crippen molar-refractivity contribution in [1.82, 2.24) is 5.06 Å². The summed E-state index contributed by atoms with van der Waals surface area (Å²) in [6.07, 6.45) is -0.974. The summed E-state index contributed by atoms with van der Waals surface area (Å²) < 4.78 is 14.5. The first-order chi connectivity index (χ1) is 11.8. The number of amides is 1. The molecule has 0 radical (unpaired) electrons. The molecule has 1 saturated heterocycles. The number of nitrogens with two attached hydrogens (primary N) is 1. The molecule has 2 atom stereocenters. The van der Waals surface area contributed by atoms with Crippen LogP contribution >= 0.6 is 0 Å². The molecule has 1 aromatic rings. The number of carbonyl (C=O) groups is 2. The molecule has 3 rings (SSSR count). The number of hydroxylamine groups is 2. The summed E-state index contributed by atoms with van der Waals surface area (Å²) in [5.41, 5.74) is 3.72. The van der Waals surface area contributed by atoms with Crippen LogP contribution in [0.15, 0.2) is 23.4 Å². The SMILES string of the molecule is NC(=O)C1CC(c2ccc(C3(O)CCN(O)CCC3=O)cc2F)=NO1. The average Bonchev–Trinajstić information content (AvgIpc) is 3.02. The molecular weight excluding hydrogens is 333 g/mol. The highest BCUT2D eigenvalue weighted by atomic mass is 19.1. The summed E-state index contributed by atoms with van der Waals surface area (Å²) in [5, 5.41) is 24.9. The van der Waals surface area contributed by atoms with Crippen LogP contribution < -0.4 is 5.73 Å². The number of carbonyl (C=O) groups excluding carboxylic acids is 2. The van der Waals surface area contributed by atoms with E-state index >= 15 is 0 Å². The molecule has 1 aromatic carbocycles. The van der Waals surface area contributed by atoms with E-state index in [0.717, 1.165) is 11.1 Å². The van der Waals surface area contributed by atoms with E-state index < -0.39 is 29.2 Å². The van der Waals surface area contributed by atoms with Gasteiger partial charge in [0.05, 0.1) is 5.71 Å². The molecule has 2 aliphatic rings. The van der Waals surface area contributed by atoms with Crippen molar-refractivity contribution in [2.45, 2.75) is 31.0 Å². The molecule has 0 saturated carbocycles. The zero-order chi connectivity index (χ0) is 18.2. The number of primary amides is 1. The lowest BCUT2D eigenvalue weighted by Crippen LogP contribution is -2.36. The summed E-state index contributed by atoms with van der Waals surface area (Å²) >= 11 is 0. The second-order valence-electron chi connectivity index (χ2n) is 6.17. The molecule has 0 aliphatic carbocycles. The van der Waals surface area contributed by atoms with E-state index in [0.29, 0.717) is 0 Å². The Morgan fingerprint density at radius 3 is 2.84 bits per heavy atom. The lowest BCUT2D eigenvalue weighted by Gasteiger charge is -2.25. The van der Waals surface area contributed by atoms with Gasteiger partial charge in [-0.1, -0.05) is 11.2 Å². The van der Waals surface area contributed by atoms with Gasteiger partial charge in [0.15, 0.2) is 5.78 Å². The maximum Gasteiger partial charge on any atom is 0.261 e. The minimum Gasteiger partial charge on any atom is -0.382 e. The van der Waals surface area contributed by atoms with E-state index in [2.05, 4.69) is 5.16 Å². The van der Waals surface area contributed by atoms with Crippen molar-refractivity contribution in [3.05, 3.63) is 35.1 Å². The molecule has 0 spiro atoms. The predicted octanol–water partition coefficient (Wildman–Crippen LogP) is 0.0457. The number of ketones is 1. The predicted molar refractivity (Wildman–Crippen MR) is 83.1 cm³/mol. The van der Waals surface area contributed by atoms with E-state index in [9.17, 15) is 24.3 Å². The quantitative estimate of drug-likeness (QED) is 0.706. The number of hydrogen-bond donors (Lipinski definition) is 3. The Hall–Kier alpha value is -2.36. The number of Topliss-reactive ketones (excluding diaryl/α,β-unsaturated/α-hetero) is 1. The summed E-state index contributed by atoms with van der Waals surface area (Å²) in [6, 6.07) is 3.88. The van der Waals surface area contributed by atoms with Crippen LogP contribution in [0.4, 0.5) is 4.39 Å². The Labute approximate surface area is 142 Å². The van der Waals surface area contributed by atoms with Gasteiger partial charge >= 0.3 is 0 Å². The molecule has 2 unspecified atom stereocenters. The number of hydrogen-bond acceptors (Lipinski definition) is 7. The van der Waals surface area contributed by atoms with Crippen molar-refractivity contribution in [1.29, 1.82) is 0 Å². The maximum absolute atomic E-state index is 14.5. The van der Waals surface area contributed by atoms with Gasteiger partial charge in [0.25, 0.3) is 5.91 Å². The van der Waals surface area contributed by atoms with E-state index in [-0.39, 0.29) is 49.2 Å². The summed E-state index contributed by atoms with van der Waals surface area (Å²) in [7, 11) is 0. The van der Waals surface area contributed by atoms with Crippen LogP contribution in [0, 0.1) is 5.82 Å². The zero-order valence-electron chi connectivity index (χ0n) is 13.3. The Bertz CT molecular complexity index is 753. The van der Waals surface area contributed by atoms with E-state index in [1.807, 2.05) is 0 Å². The molecule has 0 bridgehead atoms. The monoisotopic (exact) mass is 351 g/mol. The standard InChI is InChI=1S/C16H18FN3O5/c17-11-7-9(16(23)4-6-20(24)5-3-14(16)21)1-2-10(11)12-8-13(15(18)22)25-19-12/h1-2,7,13,23-24H,3-6,8H2,(H2,18,22). The third-order valence-corrected chi connectivity index (χ3v) is 4.53. The molecule has 1 fully saturated rings. The largest absolute Gasteiger partial charge is 0.382 e. The number of oxime groups is 1. The van der Waals surface area contributed by atoms with Gasteiger partial charge < -0.3 is 20.9 Å². The van der Waals surface area contributed by atoms with Gasteiger partial charge in [0.1, 0.15) is 11.4 Å². The van der Waals surface area contributed by atoms with Gasteiger partial charge in [-0.3, -0.25) is 9.59 Å². The lowest BCUT2D eigenvalue weighted by molar-refractivity contribution is -0.138. The topological polar surface area (TPSA) is 125 Å². The van der Waals surface area contributed by atoms with Crippen LogP contribution in [0.1, 0.15) is 30.4 Å². The van der Waals surface area contributed by atoms with Crippen LogP contribution in [0.25, 0.3) is 0 Å². The Kier molecular flexibility index (Phi) is 4.55. The molecular formula is C16H18FN3O5. The zero-order valence-corrected chi connectivity index (χ0v) is 13.3. The second-order valence-corrected chi connectivity index (χ2v) is 6.17. The van der Waals surface area contributed by atoms with E-state index in [4.69, 9.17) is 10.6 Å². The molecule has 25 heavy (non-hydrogen) atoms. The van der Waals surface area contributed by atoms with Gasteiger partial charge in [-0.25, -0.2) is 4.39 Å². The van der Waals surface area contributed by atoms with Crippen LogP contribution in [-0.2, 0) is 20.0 Å². The minimum atomic E-state index is -1.86. The van der Waals surface area contributed by atoms with Gasteiger partial charge in [-0.15, -0.1) is 0 Å². The van der Waals surface area contributed by atoms with Crippen molar-refractivity contribution in [3.8, 4) is 0 Å². The fourth-order valence-electron chi connectivity index (χ4n) is 2.98. The average molecular weight is 351 g/mol. The molecule has 9 heteroatoms. The molecule has 0 aromatic heterocycles. The Morgan fingerprint density at radius 1 is 1.44 bits per heavy atom. The smallest absolute Gasteiger partial charge is 0.261 e. The fourth-order valence-corrected chi connectivity index (χ4v) is 2.98. The highest BCUT2D eigenvalue weighted by Crippen LogP contribution is 2.31. The molecule has 2 aliphatic heterocycles. The minimum absolute atomic E-state index is 0.0444. The summed E-state index contributed by atoms with van der Waals surface area (Å²) in [4.78, 5) is 28.2. The van der Waals surface area contributed by atoms with E-state index in [1.54, 1.807) is 0 Å². The molecule has 2 heterocycles. The fraction of sp³-hybridized carbons (Fsp3) is 0.438. The molecule has 1 amide bonds. The lowest BCUT2D eigenvalue weighted by atomic mass is 9.85. The third-order valence-electron chi connectivity index (χ3n) is 4.53. The van der Waals surface area contributed by atoms with Crippen molar-refractivity contribution in [2.75, 3.05) is 13.1 Å². The first kappa shape index (κ1) is 17.5. The van der Waals surface area contributed by atoms with Crippen LogP contribution in [-0.4, -0.2) is 52.0 Å². The number of rotatable bonds is 3. The number of aliphatic hydroxyl groups is 1. The van der Waals surface area contributed by atoms with Crippen molar-refractivity contribution < 1.29 is 29.1 Å². The van der Waals surface area contributed by atoms with Gasteiger partial charge in [-0.05, 0) is 17.7 Å². The number of nitrogens with zero attached hydrogens (tertiary/aromatic N) is 2. The first-order valence-corrected chi connectivity index (χ1v) is 7.83. The third kappa shape index (κ3) is 3.26. The summed E-state index contributed by atoms with van der Waals surface area (Å²) in [6.45, 7) is 0.205. The normalized spacial score (nSPS) is 27.6. The van der Waals surface area contributed by atoms with Crippen LogP contribution in [0.5, 0.6) is 0 Å². The summed E-state index contributed by atoms with van der Waals surface area (Å²) in [5.74, 6) is -1.87. The van der Waals surface area contributed by atoms with Crippen molar-refractivity contribution >= 4 is 17.4 Å². The Morgan fingerprint density at radius 2 is 2.20 bits per heavy atom. The highest BCUT2D eigenvalue weighted by Gasteiger charge is 2.40.